The summed E-state index contributed by atoms with van der Waals surface area (Å²) in [4.78, 5) is 10.7. The minimum atomic E-state index is 0.306. The molecule has 0 spiro atoms. The first-order valence-electron chi connectivity index (χ1n) is 5.30. The van der Waals surface area contributed by atoms with Gasteiger partial charge in [-0.1, -0.05) is 0 Å². The van der Waals surface area contributed by atoms with Crippen molar-refractivity contribution in [1.82, 2.24) is 15.3 Å². The maximum atomic E-state index is 5.70. The zero-order valence-electron chi connectivity index (χ0n) is 8.47. The summed E-state index contributed by atoms with van der Waals surface area (Å²) in [6.45, 7) is 3.60. The number of ether oxygens (including phenoxy) is 1. The predicted molar refractivity (Wildman–Crippen MR) is 55.8 cm³/mol. The van der Waals surface area contributed by atoms with Gasteiger partial charge in [0.05, 0.1) is 24.9 Å². The molecule has 80 valence electrons. The van der Waals surface area contributed by atoms with Gasteiger partial charge >= 0.3 is 0 Å². The van der Waals surface area contributed by atoms with Gasteiger partial charge in [-0.2, -0.15) is 0 Å². The normalized spacial score (nSPS) is 30.3. The molecule has 0 unspecified atom stereocenters. The second kappa shape index (κ2) is 3.75. The van der Waals surface area contributed by atoms with Crippen LogP contribution in [0.1, 0.15) is 0 Å². The van der Waals surface area contributed by atoms with Crippen molar-refractivity contribution in [3.63, 3.8) is 0 Å². The lowest BCUT2D eigenvalue weighted by atomic mass is 10.1. The molecule has 0 bridgehead atoms. The Bertz CT molecular complexity index is 331. The standard InChI is InChI=1S/C10H14N4O/c1-2-13-10(7-11-1)14-3-4-15-9-6-12-5-8(9)14/h1-2,7-9,12H,3-6H2/t8-,9+/m1/s1. The monoisotopic (exact) mass is 206 g/mol. The number of hydrogen-bond donors (Lipinski definition) is 1. The summed E-state index contributed by atoms with van der Waals surface area (Å²) in [6.07, 6.45) is 5.57. The van der Waals surface area contributed by atoms with Crippen LogP contribution in [0.3, 0.4) is 0 Å². The molecule has 0 saturated carbocycles. The van der Waals surface area contributed by atoms with E-state index < -0.39 is 0 Å². The van der Waals surface area contributed by atoms with E-state index in [4.69, 9.17) is 4.74 Å². The van der Waals surface area contributed by atoms with Crippen LogP contribution < -0.4 is 10.2 Å². The van der Waals surface area contributed by atoms with Crippen LogP contribution in [0.2, 0.25) is 0 Å². The molecule has 1 aromatic rings. The maximum absolute atomic E-state index is 5.70. The Balaban J connectivity index is 1.85. The van der Waals surface area contributed by atoms with Gasteiger partial charge in [-0.15, -0.1) is 0 Å². The molecule has 5 nitrogen and oxygen atoms in total. The molecule has 3 rings (SSSR count). The second-order valence-corrected chi connectivity index (χ2v) is 3.89. The van der Waals surface area contributed by atoms with Crippen LogP contribution in [0.5, 0.6) is 0 Å². The van der Waals surface area contributed by atoms with E-state index in [1.54, 1.807) is 12.4 Å². The Hall–Kier alpha value is -1.20. The summed E-state index contributed by atoms with van der Waals surface area (Å²) < 4.78 is 5.70. The molecule has 2 fully saturated rings. The van der Waals surface area contributed by atoms with Crippen LogP contribution >= 0.6 is 0 Å². The van der Waals surface area contributed by atoms with Crippen LogP contribution in [0.25, 0.3) is 0 Å². The molecule has 1 aromatic heterocycles. The van der Waals surface area contributed by atoms with Gasteiger partial charge in [-0.3, -0.25) is 4.98 Å². The average Bonchev–Trinajstić information content (AvgIpc) is 2.78. The number of nitrogens with zero attached hydrogens (tertiary/aromatic N) is 3. The SMILES string of the molecule is c1cnc(N2CCO[C@H]3CNC[C@H]32)cn1. The van der Waals surface area contributed by atoms with Crippen LogP contribution in [0.15, 0.2) is 18.6 Å². The Kier molecular flexibility index (Phi) is 2.26. The Morgan fingerprint density at radius 2 is 2.40 bits per heavy atom. The lowest BCUT2D eigenvalue weighted by Gasteiger charge is -2.37. The quantitative estimate of drug-likeness (QED) is 0.681. The highest BCUT2D eigenvalue weighted by atomic mass is 16.5. The van der Waals surface area contributed by atoms with Gasteiger partial charge in [0.15, 0.2) is 0 Å². The van der Waals surface area contributed by atoms with Gasteiger partial charge in [0, 0.05) is 32.0 Å². The summed E-state index contributed by atoms with van der Waals surface area (Å²) in [7, 11) is 0. The summed E-state index contributed by atoms with van der Waals surface area (Å²) >= 11 is 0. The minimum absolute atomic E-state index is 0.306. The van der Waals surface area contributed by atoms with E-state index in [1.165, 1.54) is 0 Å². The number of morpholine rings is 1. The van der Waals surface area contributed by atoms with E-state index in [-0.39, 0.29) is 0 Å². The largest absolute Gasteiger partial charge is 0.373 e. The number of aromatic nitrogens is 2. The van der Waals surface area contributed by atoms with Crippen molar-refractivity contribution in [2.75, 3.05) is 31.1 Å². The summed E-state index contributed by atoms with van der Waals surface area (Å²) in [5, 5.41) is 3.35. The molecule has 2 aliphatic heterocycles. The van der Waals surface area contributed by atoms with Crippen molar-refractivity contribution in [2.45, 2.75) is 12.1 Å². The fourth-order valence-electron chi connectivity index (χ4n) is 2.31. The van der Waals surface area contributed by atoms with Gasteiger partial charge in [0.2, 0.25) is 0 Å². The Morgan fingerprint density at radius 3 is 3.27 bits per heavy atom. The zero-order valence-corrected chi connectivity index (χ0v) is 8.47. The second-order valence-electron chi connectivity index (χ2n) is 3.89. The molecule has 15 heavy (non-hydrogen) atoms. The van der Waals surface area contributed by atoms with E-state index >= 15 is 0 Å². The molecule has 1 N–H and O–H groups in total. The number of nitrogens with one attached hydrogen (secondary N) is 1. The smallest absolute Gasteiger partial charge is 0.147 e. The molecule has 0 amide bonds. The molecular weight excluding hydrogens is 192 g/mol. The molecular formula is C10H14N4O. The fraction of sp³-hybridized carbons (Fsp3) is 0.600. The molecule has 0 radical (unpaired) electrons. The zero-order chi connectivity index (χ0) is 10.1. The molecule has 0 aliphatic carbocycles. The third kappa shape index (κ3) is 1.57. The van der Waals surface area contributed by atoms with E-state index in [1.807, 2.05) is 6.20 Å². The fourth-order valence-corrected chi connectivity index (χ4v) is 2.31. The highest BCUT2D eigenvalue weighted by Crippen LogP contribution is 2.22. The van der Waals surface area contributed by atoms with Crippen molar-refractivity contribution in [1.29, 1.82) is 0 Å². The van der Waals surface area contributed by atoms with Crippen molar-refractivity contribution < 1.29 is 4.74 Å². The van der Waals surface area contributed by atoms with E-state index in [2.05, 4.69) is 20.2 Å². The van der Waals surface area contributed by atoms with E-state index in [9.17, 15) is 0 Å². The van der Waals surface area contributed by atoms with Gasteiger partial charge < -0.3 is 15.0 Å². The first-order valence-corrected chi connectivity index (χ1v) is 5.30. The number of fused-ring (bicyclic) bond motifs is 1. The van der Waals surface area contributed by atoms with Gasteiger partial charge in [0.25, 0.3) is 0 Å². The maximum Gasteiger partial charge on any atom is 0.147 e. The first-order chi connectivity index (χ1) is 7.45. The highest BCUT2D eigenvalue weighted by molar-refractivity contribution is 5.38. The third-order valence-electron chi connectivity index (χ3n) is 3.04. The molecule has 3 heterocycles. The van der Waals surface area contributed by atoms with Crippen molar-refractivity contribution >= 4 is 5.82 Å². The average molecular weight is 206 g/mol. The Morgan fingerprint density at radius 1 is 1.40 bits per heavy atom. The number of anilines is 1. The molecule has 2 saturated heterocycles. The van der Waals surface area contributed by atoms with E-state index in [0.29, 0.717) is 12.1 Å². The summed E-state index contributed by atoms with van der Waals surface area (Å²) in [5.74, 6) is 0.958. The summed E-state index contributed by atoms with van der Waals surface area (Å²) in [6, 6.07) is 0.412. The van der Waals surface area contributed by atoms with Gasteiger partial charge in [-0.25, -0.2) is 4.98 Å². The number of rotatable bonds is 1. The van der Waals surface area contributed by atoms with Gasteiger partial charge in [0.1, 0.15) is 5.82 Å². The first kappa shape index (κ1) is 9.06. The van der Waals surface area contributed by atoms with Crippen LogP contribution in [-0.2, 0) is 4.74 Å². The predicted octanol–water partition coefficient (Wildman–Crippen LogP) is -0.346. The highest BCUT2D eigenvalue weighted by Gasteiger charge is 2.36. The van der Waals surface area contributed by atoms with Gasteiger partial charge in [-0.05, 0) is 0 Å². The van der Waals surface area contributed by atoms with Crippen LogP contribution in [0, 0.1) is 0 Å². The van der Waals surface area contributed by atoms with Crippen molar-refractivity contribution in [2.24, 2.45) is 0 Å². The molecule has 2 aliphatic rings. The lowest BCUT2D eigenvalue weighted by Crippen LogP contribution is -2.51. The summed E-state index contributed by atoms with van der Waals surface area (Å²) in [5.41, 5.74) is 0. The molecule has 0 aromatic carbocycles. The van der Waals surface area contributed by atoms with Crippen molar-refractivity contribution in [3.05, 3.63) is 18.6 Å². The molecule has 5 heteroatoms. The minimum Gasteiger partial charge on any atom is -0.373 e. The van der Waals surface area contributed by atoms with Crippen LogP contribution in [-0.4, -0.2) is 48.4 Å². The topological polar surface area (TPSA) is 50.3 Å². The number of hydrogen-bond acceptors (Lipinski definition) is 5. The van der Waals surface area contributed by atoms with E-state index in [0.717, 1.165) is 32.1 Å². The van der Waals surface area contributed by atoms with Crippen LogP contribution in [0.4, 0.5) is 5.82 Å². The van der Waals surface area contributed by atoms with Crippen molar-refractivity contribution in [3.8, 4) is 0 Å². The molecule has 2 atom stereocenters. The third-order valence-corrected chi connectivity index (χ3v) is 3.04. The lowest BCUT2D eigenvalue weighted by molar-refractivity contribution is 0.0346. The Labute approximate surface area is 88.5 Å².